The van der Waals surface area contributed by atoms with E-state index < -0.39 is 0 Å². The SMILES string of the molecule is CC(C)(C)NC(=O)NCc1ccc(N2CCC(O)CC2)c(F)c1. The van der Waals surface area contributed by atoms with E-state index in [1.165, 1.54) is 6.07 Å². The van der Waals surface area contributed by atoms with Crippen LogP contribution in [0, 0.1) is 5.82 Å². The highest BCUT2D eigenvalue weighted by Crippen LogP contribution is 2.24. The fourth-order valence-corrected chi connectivity index (χ4v) is 2.59. The number of anilines is 1. The van der Waals surface area contributed by atoms with Crippen LogP contribution in [-0.2, 0) is 6.54 Å². The third-order valence-electron chi connectivity index (χ3n) is 3.76. The zero-order valence-corrected chi connectivity index (χ0v) is 14.0. The van der Waals surface area contributed by atoms with Crippen LogP contribution in [0.15, 0.2) is 18.2 Å². The summed E-state index contributed by atoms with van der Waals surface area (Å²) in [5.41, 5.74) is 0.963. The fraction of sp³-hybridized carbons (Fsp3) is 0.588. The predicted molar refractivity (Wildman–Crippen MR) is 89.0 cm³/mol. The van der Waals surface area contributed by atoms with Gasteiger partial charge in [0.1, 0.15) is 5.82 Å². The lowest BCUT2D eigenvalue weighted by molar-refractivity contribution is 0.145. The molecule has 1 aromatic rings. The number of aliphatic hydroxyl groups is 1. The molecule has 0 unspecified atom stereocenters. The Bertz CT molecular complexity index is 549. The van der Waals surface area contributed by atoms with Gasteiger partial charge in [-0.05, 0) is 51.3 Å². The topological polar surface area (TPSA) is 64.6 Å². The van der Waals surface area contributed by atoms with Gasteiger partial charge in [0.15, 0.2) is 0 Å². The number of rotatable bonds is 3. The second-order valence-electron chi connectivity index (χ2n) is 7.06. The molecule has 1 heterocycles. The van der Waals surface area contributed by atoms with Crippen LogP contribution in [0.3, 0.4) is 0 Å². The lowest BCUT2D eigenvalue weighted by atomic mass is 10.1. The first-order valence-corrected chi connectivity index (χ1v) is 8.02. The van der Waals surface area contributed by atoms with Crippen LogP contribution in [0.2, 0.25) is 0 Å². The van der Waals surface area contributed by atoms with E-state index in [4.69, 9.17) is 0 Å². The lowest BCUT2D eigenvalue weighted by Crippen LogP contribution is -2.46. The van der Waals surface area contributed by atoms with Gasteiger partial charge in [0.2, 0.25) is 0 Å². The first kappa shape index (κ1) is 17.5. The molecule has 0 aliphatic carbocycles. The van der Waals surface area contributed by atoms with E-state index in [0.29, 0.717) is 37.2 Å². The van der Waals surface area contributed by atoms with Crippen molar-refractivity contribution in [2.75, 3.05) is 18.0 Å². The van der Waals surface area contributed by atoms with Crippen molar-refractivity contribution in [2.45, 2.75) is 51.8 Å². The van der Waals surface area contributed by atoms with E-state index in [0.717, 1.165) is 0 Å². The molecule has 128 valence electrons. The number of urea groups is 1. The molecule has 0 spiro atoms. The molecule has 23 heavy (non-hydrogen) atoms. The van der Waals surface area contributed by atoms with Crippen molar-refractivity contribution in [1.29, 1.82) is 0 Å². The second-order valence-corrected chi connectivity index (χ2v) is 7.06. The van der Waals surface area contributed by atoms with Crippen LogP contribution in [0.1, 0.15) is 39.2 Å². The molecule has 1 fully saturated rings. The molecular weight excluding hydrogens is 297 g/mol. The summed E-state index contributed by atoms with van der Waals surface area (Å²) in [6.07, 6.45) is 1.05. The Morgan fingerprint density at radius 1 is 1.35 bits per heavy atom. The van der Waals surface area contributed by atoms with Gasteiger partial charge in [0, 0.05) is 25.2 Å². The third kappa shape index (κ3) is 5.39. The molecule has 1 aromatic carbocycles. The molecule has 1 aliphatic heterocycles. The van der Waals surface area contributed by atoms with Crippen molar-refractivity contribution >= 4 is 11.7 Å². The predicted octanol–water partition coefficient (Wildman–Crippen LogP) is 2.38. The van der Waals surface area contributed by atoms with Gasteiger partial charge in [-0.2, -0.15) is 0 Å². The van der Waals surface area contributed by atoms with Crippen molar-refractivity contribution < 1.29 is 14.3 Å². The summed E-state index contributed by atoms with van der Waals surface area (Å²) in [4.78, 5) is 13.7. The molecule has 1 aliphatic rings. The molecule has 0 aromatic heterocycles. The van der Waals surface area contributed by atoms with Gasteiger partial charge in [0.05, 0.1) is 11.8 Å². The highest BCUT2D eigenvalue weighted by molar-refractivity contribution is 5.74. The quantitative estimate of drug-likeness (QED) is 0.800. The summed E-state index contributed by atoms with van der Waals surface area (Å²) in [5.74, 6) is -0.295. The number of carbonyl (C=O) groups excluding carboxylic acids is 1. The van der Waals surface area contributed by atoms with Gasteiger partial charge in [-0.25, -0.2) is 9.18 Å². The maximum absolute atomic E-state index is 14.3. The smallest absolute Gasteiger partial charge is 0.315 e. The molecule has 5 nitrogen and oxygen atoms in total. The number of carbonyl (C=O) groups is 1. The van der Waals surface area contributed by atoms with E-state index in [1.54, 1.807) is 6.07 Å². The summed E-state index contributed by atoms with van der Waals surface area (Å²) in [7, 11) is 0. The summed E-state index contributed by atoms with van der Waals surface area (Å²) in [5, 5.41) is 15.0. The average molecular weight is 323 g/mol. The van der Waals surface area contributed by atoms with Crippen LogP contribution >= 0.6 is 0 Å². The Hall–Kier alpha value is -1.82. The summed E-state index contributed by atoms with van der Waals surface area (Å²) < 4.78 is 14.3. The van der Waals surface area contributed by atoms with Crippen LogP contribution in [-0.4, -0.2) is 35.9 Å². The van der Waals surface area contributed by atoms with E-state index in [2.05, 4.69) is 10.6 Å². The Kier molecular flexibility index (Phi) is 5.46. The van der Waals surface area contributed by atoms with E-state index >= 15 is 0 Å². The minimum Gasteiger partial charge on any atom is -0.393 e. The average Bonchev–Trinajstić information content (AvgIpc) is 2.45. The molecule has 2 rings (SSSR count). The van der Waals surface area contributed by atoms with Crippen LogP contribution < -0.4 is 15.5 Å². The lowest BCUT2D eigenvalue weighted by Gasteiger charge is -2.31. The van der Waals surface area contributed by atoms with Gasteiger partial charge in [-0.1, -0.05) is 6.07 Å². The summed E-state index contributed by atoms with van der Waals surface area (Å²) in [6, 6.07) is 4.75. The molecule has 0 bridgehead atoms. The van der Waals surface area contributed by atoms with Crippen molar-refractivity contribution in [2.24, 2.45) is 0 Å². The molecule has 6 heteroatoms. The number of nitrogens with zero attached hydrogens (tertiary/aromatic N) is 1. The molecule has 3 N–H and O–H groups in total. The van der Waals surface area contributed by atoms with Crippen LogP contribution in [0.25, 0.3) is 0 Å². The Morgan fingerprint density at radius 3 is 2.57 bits per heavy atom. The van der Waals surface area contributed by atoms with Gasteiger partial charge in [-0.15, -0.1) is 0 Å². The maximum Gasteiger partial charge on any atom is 0.315 e. The zero-order chi connectivity index (χ0) is 17.0. The maximum atomic E-state index is 14.3. The first-order chi connectivity index (χ1) is 10.7. The monoisotopic (exact) mass is 323 g/mol. The number of piperidine rings is 1. The Labute approximate surface area is 136 Å². The molecule has 1 saturated heterocycles. The van der Waals surface area contributed by atoms with Crippen molar-refractivity contribution in [3.8, 4) is 0 Å². The number of hydrogen-bond donors (Lipinski definition) is 3. The number of nitrogens with one attached hydrogen (secondary N) is 2. The number of halogens is 1. The summed E-state index contributed by atoms with van der Waals surface area (Å²) in [6.45, 7) is 7.29. The number of hydrogen-bond acceptors (Lipinski definition) is 3. The molecule has 0 radical (unpaired) electrons. The molecule has 2 amide bonds. The van der Waals surface area contributed by atoms with Crippen LogP contribution in [0.5, 0.6) is 0 Å². The Morgan fingerprint density at radius 2 is 2.00 bits per heavy atom. The number of benzene rings is 1. The van der Waals surface area contributed by atoms with Gasteiger partial charge >= 0.3 is 6.03 Å². The zero-order valence-electron chi connectivity index (χ0n) is 14.0. The first-order valence-electron chi connectivity index (χ1n) is 8.02. The fourth-order valence-electron chi connectivity index (χ4n) is 2.59. The Balaban J connectivity index is 1.93. The van der Waals surface area contributed by atoms with Crippen LogP contribution in [0.4, 0.5) is 14.9 Å². The highest BCUT2D eigenvalue weighted by Gasteiger charge is 2.20. The van der Waals surface area contributed by atoms with Crippen molar-refractivity contribution in [3.05, 3.63) is 29.6 Å². The van der Waals surface area contributed by atoms with Gasteiger partial charge < -0.3 is 20.6 Å². The van der Waals surface area contributed by atoms with E-state index in [9.17, 15) is 14.3 Å². The molecule has 0 saturated carbocycles. The number of amides is 2. The van der Waals surface area contributed by atoms with Gasteiger partial charge in [-0.3, -0.25) is 0 Å². The molecular formula is C17H26FN3O2. The largest absolute Gasteiger partial charge is 0.393 e. The van der Waals surface area contributed by atoms with E-state index in [-0.39, 0.29) is 30.0 Å². The molecule has 0 atom stereocenters. The normalized spacial score (nSPS) is 16.3. The van der Waals surface area contributed by atoms with Crippen molar-refractivity contribution in [3.63, 3.8) is 0 Å². The van der Waals surface area contributed by atoms with Crippen molar-refractivity contribution in [1.82, 2.24) is 10.6 Å². The van der Waals surface area contributed by atoms with Gasteiger partial charge in [0.25, 0.3) is 0 Å². The second kappa shape index (κ2) is 7.17. The van der Waals surface area contributed by atoms with E-state index in [1.807, 2.05) is 31.7 Å². The minimum atomic E-state index is -0.308. The third-order valence-corrected chi connectivity index (χ3v) is 3.76. The summed E-state index contributed by atoms with van der Waals surface area (Å²) >= 11 is 0. The number of aliphatic hydroxyl groups excluding tert-OH is 1. The standard InChI is InChI=1S/C17H26FN3O2/c1-17(2,3)20-16(23)19-11-12-4-5-15(14(18)10-12)21-8-6-13(22)7-9-21/h4-5,10,13,22H,6-9,11H2,1-3H3,(H2,19,20,23). The minimum absolute atomic E-state index is 0.271. The highest BCUT2D eigenvalue weighted by atomic mass is 19.1.